The lowest BCUT2D eigenvalue weighted by Gasteiger charge is -2.11. The molecule has 0 amide bonds. The zero-order valence-electron chi connectivity index (χ0n) is 10.2. The van der Waals surface area contributed by atoms with E-state index in [1.165, 1.54) is 10.9 Å². The third-order valence-corrected chi connectivity index (χ3v) is 2.89. The number of rotatable bonds is 4. The van der Waals surface area contributed by atoms with Crippen LogP contribution in [0.25, 0.3) is 10.8 Å². The van der Waals surface area contributed by atoms with E-state index in [9.17, 15) is 0 Å². The predicted molar refractivity (Wildman–Crippen MR) is 69.8 cm³/mol. The second-order valence-electron chi connectivity index (χ2n) is 3.88. The van der Waals surface area contributed by atoms with Crippen LogP contribution < -0.4 is 15.2 Å². The largest absolute Gasteiger partial charge is 0.493 e. The van der Waals surface area contributed by atoms with Gasteiger partial charge < -0.3 is 15.2 Å². The molecule has 0 aromatic heterocycles. The molecule has 0 saturated heterocycles. The Bertz CT molecular complexity index is 523. The molecule has 0 fully saturated rings. The van der Waals surface area contributed by atoms with Crippen molar-refractivity contribution in [2.24, 2.45) is 5.73 Å². The molecular formula is C14H17NO2. The van der Waals surface area contributed by atoms with E-state index >= 15 is 0 Å². The highest BCUT2D eigenvalue weighted by Crippen LogP contribution is 2.33. The first-order valence-electron chi connectivity index (χ1n) is 5.64. The zero-order valence-corrected chi connectivity index (χ0v) is 10.2. The minimum Gasteiger partial charge on any atom is -0.493 e. The van der Waals surface area contributed by atoms with Crippen molar-refractivity contribution in [2.45, 2.75) is 6.42 Å². The van der Waals surface area contributed by atoms with E-state index in [0.717, 1.165) is 23.3 Å². The maximum atomic E-state index is 5.62. The first kappa shape index (κ1) is 11.7. The average molecular weight is 231 g/mol. The van der Waals surface area contributed by atoms with Crippen LogP contribution in [-0.4, -0.2) is 20.8 Å². The standard InChI is InChI=1S/C14H17NO2/c1-16-13-8-11-5-3-4-10(6-7-15)12(11)9-14(13)17-2/h3-5,8-9H,6-7,15H2,1-2H3. The van der Waals surface area contributed by atoms with E-state index in [4.69, 9.17) is 15.2 Å². The molecule has 2 N–H and O–H groups in total. The maximum Gasteiger partial charge on any atom is 0.161 e. The van der Waals surface area contributed by atoms with E-state index in [1.54, 1.807) is 14.2 Å². The molecule has 0 atom stereocenters. The van der Waals surface area contributed by atoms with E-state index in [2.05, 4.69) is 12.1 Å². The van der Waals surface area contributed by atoms with Crippen LogP contribution in [0.3, 0.4) is 0 Å². The van der Waals surface area contributed by atoms with Gasteiger partial charge in [0.1, 0.15) is 0 Å². The average Bonchev–Trinajstić information content (AvgIpc) is 2.38. The van der Waals surface area contributed by atoms with E-state index < -0.39 is 0 Å². The second-order valence-corrected chi connectivity index (χ2v) is 3.88. The van der Waals surface area contributed by atoms with Crippen LogP contribution >= 0.6 is 0 Å². The summed E-state index contributed by atoms with van der Waals surface area (Å²) < 4.78 is 10.6. The van der Waals surface area contributed by atoms with Crippen LogP contribution in [0.1, 0.15) is 5.56 Å². The summed E-state index contributed by atoms with van der Waals surface area (Å²) >= 11 is 0. The maximum absolute atomic E-state index is 5.62. The fraction of sp³-hybridized carbons (Fsp3) is 0.286. The van der Waals surface area contributed by atoms with Crippen LogP contribution in [-0.2, 0) is 6.42 Å². The lowest BCUT2D eigenvalue weighted by atomic mass is 10.0. The molecule has 17 heavy (non-hydrogen) atoms. The smallest absolute Gasteiger partial charge is 0.161 e. The summed E-state index contributed by atoms with van der Waals surface area (Å²) in [5.41, 5.74) is 6.86. The molecule has 0 aliphatic rings. The van der Waals surface area contributed by atoms with Gasteiger partial charge in [-0.25, -0.2) is 0 Å². The van der Waals surface area contributed by atoms with Gasteiger partial charge in [-0.05, 0) is 41.4 Å². The fourth-order valence-electron chi connectivity index (χ4n) is 2.04. The number of fused-ring (bicyclic) bond motifs is 1. The van der Waals surface area contributed by atoms with Gasteiger partial charge in [-0.15, -0.1) is 0 Å². The Morgan fingerprint density at radius 3 is 2.41 bits per heavy atom. The number of ether oxygens (including phenoxy) is 2. The van der Waals surface area contributed by atoms with Crippen molar-refractivity contribution in [3.8, 4) is 11.5 Å². The number of hydrogen-bond donors (Lipinski definition) is 1. The molecular weight excluding hydrogens is 214 g/mol. The Morgan fingerprint density at radius 2 is 1.76 bits per heavy atom. The van der Waals surface area contributed by atoms with Crippen molar-refractivity contribution in [2.75, 3.05) is 20.8 Å². The normalized spacial score (nSPS) is 10.5. The van der Waals surface area contributed by atoms with Crippen molar-refractivity contribution in [1.82, 2.24) is 0 Å². The molecule has 0 saturated carbocycles. The Hall–Kier alpha value is -1.74. The van der Waals surface area contributed by atoms with Crippen molar-refractivity contribution in [3.63, 3.8) is 0 Å². The van der Waals surface area contributed by atoms with Crippen molar-refractivity contribution < 1.29 is 9.47 Å². The van der Waals surface area contributed by atoms with Gasteiger partial charge in [-0.3, -0.25) is 0 Å². The van der Waals surface area contributed by atoms with Gasteiger partial charge in [0.25, 0.3) is 0 Å². The molecule has 90 valence electrons. The van der Waals surface area contributed by atoms with Crippen LogP contribution in [0.5, 0.6) is 11.5 Å². The molecule has 2 aromatic rings. The lowest BCUT2D eigenvalue weighted by Crippen LogP contribution is -2.03. The number of benzene rings is 2. The predicted octanol–water partition coefficient (Wildman–Crippen LogP) is 2.36. The Morgan fingerprint density at radius 1 is 1.06 bits per heavy atom. The summed E-state index contributed by atoms with van der Waals surface area (Å²) in [4.78, 5) is 0. The van der Waals surface area contributed by atoms with Gasteiger partial charge in [-0.1, -0.05) is 18.2 Å². The second kappa shape index (κ2) is 5.06. The Balaban J connectivity index is 2.64. The molecule has 0 aliphatic heterocycles. The first-order valence-corrected chi connectivity index (χ1v) is 5.64. The summed E-state index contributed by atoms with van der Waals surface area (Å²) in [7, 11) is 3.29. The fourth-order valence-corrected chi connectivity index (χ4v) is 2.04. The molecule has 0 aliphatic carbocycles. The van der Waals surface area contributed by atoms with Crippen LogP contribution in [0.4, 0.5) is 0 Å². The number of hydrogen-bond acceptors (Lipinski definition) is 3. The van der Waals surface area contributed by atoms with Gasteiger partial charge in [0.15, 0.2) is 11.5 Å². The van der Waals surface area contributed by atoms with Crippen LogP contribution in [0, 0.1) is 0 Å². The van der Waals surface area contributed by atoms with E-state index in [-0.39, 0.29) is 0 Å². The minimum absolute atomic E-state index is 0.646. The molecule has 0 heterocycles. The zero-order chi connectivity index (χ0) is 12.3. The van der Waals surface area contributed by atoms with Gasteiger partial charge in [0.05, 0.1) is 14.2 Å². The summed E-state index contributed by atoms with van der Waals surface area (Å²) in [6.45, 7) is 0.646. The first-order chi connectivity index (χ1) is 8.30. The summed E-state index contributed by atoms with van der Waals surface area (Å²) in [5, 5.41) is 2.32. The molecule has 0 spiro atoms. The van der Waals surface area contributed by atoms with Gasteiger partial charge in [-0.2, -0.15) is 0 Å². The highest BCUT2D eigenvalue weighted by molar-refractivity contribution is 5.89. The third-order valence-electron chi connectivity index (χ3n) is 2.89. The molecule has 2 rings (SSSR count). The van der Waals surface area contributed by atoms with Crippen molar-refractivity contribution in [3.05, 3.63) is 35.9 Å². The quantitative estimate of drug-likeness (QED) is 0.878. The van der Waals surface area contributed by atoms with E-state index in [1.807, 2.05) is 18.2 Å². The van der Waals surface area contributed by atoms with Gasteiger partial charge in [0, 0.05) is 0 Å². The molecule has 0 unspecified atom stereocenters. The highest BCUT2D eigenvalue weighted by Gasteiger charge is 2.08. The molecule has 2 aromatic carbocycles. The summed E-state index contributed by atoms with van der Waals surface area (Å²) in [6.07, 6.45) is 0.868. The molecule has 0 radical (unpaired) electrons. The van der Waals surface area contributed by atoms with Crippen molar-refractivity contribution >= 4 is 10.8 Å². The van der Waals surface area contributed by atoms with E-state index in [0.29, 0.717) is 6.54 Å². The minimum atomic E-state index is 0.646. The van der Waals surface area contributed by atoms with Crippen molar-refractivity contribution in [1.29, 1.82) is 0 Å². The summed E-state index contributed by atoms with van der Waals surface area (Å²) in [6, 6.07) is 10.2. The highest BCUT2D eigenvalue weighted by atomic mass is 16.5. The SMILES string of the molecule is COc1cc2cccc(CCN)c2cc1OC. The Labute approximate surface area is 101 Å². The number of nitrogens with two attached hydrogens (primary N) is 1. The van der Waals surface area contributed by atoms with Gasteiger partial charge in [0.2, 0.25) is 0 Å². The number of methoxy groups -OCH3 is 2. The molecule has 3 nitrogen and oxygen atoms in total. The van der Waals surface area contributed by atoms with Crippen LogP contribution in [0.2, 0.25) is 0 Å². The topological polar surface area (TPSA) is 44.5 Å². The molecule has 0 bridgehead atoms. The third kappa shape index (κ3) is 2.19. The van der Waals surface area contributed by atoms with Crippen LogP contribution in [0.15, 0.2) is 30.3 Å². The molecule has 3 heteroatoms. The van der Waals surface area contributed by atoms with Gasteiger partial charge >= 0.3 is 0 Å². The lowest BCUT2D eigenvalue weighted by molar-refractivity contribution is 0.356. The Kier molecular flexibility index (Phi) is 3.49. The monoisotopic (exact) mass is 231 g/mol. The summed E-state index contributed by atoms with van der Waals surface area (Å²) in [5.74, 6) is 1.51.